The molecular formula is C23H16N4O5. The summed E-state index contributed by atoms with van der Waals surface area (Å²) in [5.74, 6) is -0.636. The molecule has 0 spiro atoms. The number of carbonyl (C=O) groups excluding carboxylic acids is 3. The average molecular weight is 428 g/mol. The number of imide groups is 1. The minimum absolute atomic E-state index is 0.0316. The zero-order valence-corrected chi connectivity index (χ0v) is 16.6. The molecule has 0 bridgehead atoms. The summed E-state index contributed by atoms with van der Waals surface area (Å²) in [5, 5.41) is 2.38. The summed E-state index contributed by atoms with van der Waals surface area (Å²) in [6.45, 7) is 0.0316. The highest BCUT2D eigenvalue weighted by Gasteiger charge is 2.41. The molecule has 158 valence electrons. The lowest BCUT2D eigenvalue weighted by molar-refractivity contribution is -0.123. The molecule has 3 amide bonds. The molecule has 0 fully saturated rings. The highest BCUT2D eigenvalue weighted by molar-refractivity contribution is 6.48. The minimum Gasteiger partial charge on any atom is -0.454 e. The number of amides is 3. The van der Waals surface area contributed by atoms with Gasteiger partial charge in [0, 0.05) is 29.9 Å². The number of ether oxygens (including phenoxy) is 2. The number of aliphatic imine (C=N–C) groups is 1. The number of rotatable bonds is 3. The lowest BCUT2D eigenvalue weighted by Gasteiger charge is -2.22. The molecule has 9 nitrogen and oxygen atoms in total. The first-order valence-corrected chi connectivity index (χ1v) is 9.98. The van der Waals surface area contributed by atoms with Crippen LogP contribution in [-0.2, 0) is 20.8 Å². The van der Waals surface area contributed by atoms with E-state index in [1.54, 1.807) is 29.3 Å². The number of carbonyl (C=O) groups is 3. The van der Waals surface area contributed by atoms with Gasteiger partial charge in [0.1, 0.15) is 6.04 Å². The quantitative estimate of drug-likeness (QED) is 0.704. The van der Waals surface area contributed by atoms with Gasteiger partial charge < -0.3 is 20.1 Å². The van der Waals surface area contributed by atoms with Crippen LogP contribution in [-0.4, -0.2) is 36.3 Å². The fourth-order valence-electron chi connectivity index (χ4n) is 4.64. The Kier molecular flexibility index (Phi) is 3.76. The van der Waals surface area contributed by atoms with E-state index in [0.717, 1.165) is 11.3 Å². The molecule has 2 aromatic rings. The third-order valence-corrected chi connectivity index (χ3v) is 5.98. The first-order chi connectivity index (χ1) is 15.5. The van der Waals surface area contributed by atoms with Gasteiger partial charge in [-0.15, -0.1) is 0 Å². The maximum atomic E-state index is 13.0. The van der Waals surface area contributed by atoms with Crippen LogP contribution in [0.4, 0.5) is 5.69 Å². The summed E-state index contributed by atoms with van der Waals surface area (Å²) < 4.78 is 11.0. The second-order valence-electron chi connectivity index (χ2n) is 7.69. The molecule has 0 aliphatic carbocycles. The number of primary amides is 1. The maximum Gasteiger partial charge on any atom is 0.261 e. The summed E-state index contributed by atoms with van der Waals surface area (Å²) >= 11 is 0. The van der Waals surface area contributed by atoms with Gasteiger partial charge >= 0.3 is 0 Å². The van der Waals surface area contributed by atoms with Crippen LogP contribution >= 0.6 is 0 Å². The van der Waals surface area contributed by atoms with Crippen molar-refractivity contribution < 1.29 is 23.9 Å². The van der Waals surface area contributed by atoms with E-state index < -0.39 is 23.8 Å². The van der Waals surface area contributed by atoms with Crippen molar-refractivity contribution in [1.82, 2.24) is 5.32 Å². The monoisotopic (exact) mass is 428 g/mol. The molecule has 1 atom stereocenters. The standard InChI is InChI=1S/C23H16N4O5/c24-21(28)14-9-11-3-1-5-13-18(25-7-8-27(14)19(11)13)17-16(22(29)26-23(17)30)12-4-2-6-15-20(12)32-10-31-15/h1-8,14H,9-10H2,(H2,24,28)(H,26,29,30). The Morgan fingerprint density at radius 1 is 1.06 bits per heavy atom. The van der Waals surface area contributed by atoms with Crippen LogP contribution in [0, 0.1) is 0 Å². The molecule has 4 aliphatic rings. The van der Waals surface area contributed by atoms with Gasteiger partial charge in [0.2, 0.25) is 12.7 Å². The maximum absolute atomic E-state index is 13.0. The predicted octanol–water partition coefficient (Wildman–Crippen LogP) is 1.02. The number of hydrogen-bond acceptors (Lipinski definition) is 7. The van der Waals surface area contributed by atoms with E-state index in [1.165, 1.54) is 6.20 Å². The van der Waals surface area contributed by atoms with Crippen LogP contribution in [0.2, 0.25) is 0 Å². The van der Waals surface area contributed by atoms with E-state index in [-0.39, 0.29) is 17.9 Å². The lowest BCUT2D eigenvalue weighted by Crippen LogP contribution is -2.39. The van der Waals surface area contributed by atoms with E-state index in [1.807, 2.05) is 18.2 Å². The summed E-state index contributed by atoms with van der Waals surface area (Å²) in [6, 6.07) is 10.2. The van der Waals surface area contributed by atoms with Crippen LogP contribution in [0.5, 0.6) is 11.5 Å². The first-order valence-electron chi connectivity index (χ1n) is 9.98. The molecule has 4 aliphatic heterocycles. The Bertz CT molecular complexity index is 1340. The van der Waals surface area contributed by atoms with E-state index >= 15 is 0 Å². The number of benzene rings is 2. The molecule has 32 heavy (non-hydrogen) atoms. The molecule has 0 aromatic heterocycles. The molecule has 2 aromatic carbocycles. The van der Waals surface area contributed by atoms with Gasteiger partial charge in [-0.05, 0) is 11.6 Å². The molecule has 0 saturated carbocycles. The van der Waals surface area contributed by atoms with Crippen molar-refractivity contribution in [3.63, 3.8) is 0 Å². The number of fused-ring (bicyclic) bond motifs is 1. The number of nitrogens with two attached hydrogens (primary N) is 1. The summed E-state index contributed by atoms with van der Waals surface area (Å²) in [5.41, 5.74) is 9.01. The predicted molar refractivity (Wildman–Crippen MR) is 114 cm³/mol. The fourth-order valence-corrected chi connectivity index (χ4v) is 4.64. The van der Waals surface area contributed by atoms with Crippen molar-refractivity contribution in [3.05, 3.63) is 71.1 Å². The van der Waals surface area contributed by atoms with Gasteiger partial charge in [-0.25, -0.2) is 0 Å². The van der Waals surface area contributed by atoms with Gasteiger partial charge in [-0.3, -0.25) is 24.7 Å². The van der Waals surface area contributed by atoms with Gasteiger partial charge in [0.25, 0.3) is 11.8 Å². The van der Waals surface area contributed by atoms with E-state index in [2.05, 4.69) is 10.3 Å². The number of anilines is 1. The van der Waals surface area contributed by atoms with Crippen molar-refractivity contribution in [3.8, 4) is 11.5 Å². The second-order valence-corrected chi connectivity index (χ2v) is 7.69. The topological polar surface area (TPSA) is 123 Å². The van der Waals surface area contributed by atoms with Crippen LogP contribution in [0.15, 0.2) is 59.4 Å². The number of para-hydroxylation sites is 2. The number of hydrogen-bond donors (Lipinski definition) is 2. The fraction of sp³-hybridized carbons (Fsp3) is 0.130. The van der Waals surface area contributed by atoms with Crippen molar-refractivity contribution in [2.75, 3.05) is 11.7 Å². The van der Waals surface area contributed by atoms with Gasteiger partial charge in [0.05, 0.1) is 22.5 Å². The number of nitrogens with one attached hydrogen (secondary N) is 1. The first kappa shape index (κ1) is 18.4. The zero-order chi connectivity index (χ0) is 22.0. The zero-order valence-electron chi connectivity index (χ0n) is 16.6. The van der Waals surface area contributed by atoms with Crippen molar-refractivity contribution >= 4 is 34.7 Å². The Balaban J connectivity index is 1.59. The van der Waals surface area contributed by atoms with Crippen LogP contribution in [0.3, 0.4) is 0 Å². The molecule has 4 heterocycles. The lowest BCUT2D eigenvalue weighted by atomic mass is 9.92. The van der Waals surface area contributed by atoms with Crippen LogP contribution in [0.25, 0.3) is 5.57 Å². The van der Waals surface area contributed by atoms with E-state index in [0.29, 0.717) is 34.8 Å². The molecule has 9 heteroatoms. The Morgan fingerprint density at radius 2 is 1.84 bits per heavy atom. The van der Waals surface area contributed by atoms with Crippen molar-refractivity contribution in [1.29, 1.82) is 0 Å². The minimum atomic E-state index is -0.552. The highest BCUT2D eigenvalue weighted by atomic mass is 16.7. The van der Waals surface area contributed by atoms with Gasteiger partial charge in [0.15, 0.2) is 11.5 Å². The molecule has 3 N–H and O–H groups in total. The Labute approximate surface area is 181 Å². The SMILES string of the molecule is NC(=O)C1Cc2cccc3c2N1C=CN=C3C1=C(c2cccc3c2OCO3)C(=O)NC1=O. The largest absolute Gasteiger partial charge is 0.454 e. The molecule has 0 saturated heterocycles. The van der Waals surface area contributed by atoms with Crippen LogP contribution < -0.4 is 25.4 Å². The third-order valence-electron chi connectivity index (χ3n) is 5.98. The van der Waals surface area contributed by atoms with Gasteiger partial charge in [-0.1, -0.05) is 30.3 Å². The van der Waals surface area contributed by atoms with Gasteiger partial charge in [-0.2, -0.15) is 0 Å². The second kappa shape index (κ2) is 6.55. The van der Waals surface area contributed by atoms with E-state index in [4.69, 9.17) is 15.2 Å². The summed E-state index contributed by atoms with van der Waals surface area (Å²) in [4.78, 5) is 44.2. The summed E-state index contributed by atoms with van der Waals surface area (Å²) in [7, 11) is 0. The molecule has 6 rings (SSSR count). The van der Waals surface area contributed by atoms with Crippen molar-refractivity contribution in [2.45, 2.75) is 12.5 Å². The van der Waals surface area contributed by atoms with E-state index in [9.17, 15) is 14.4 Å². The third kappa shape index (κ3) is 2.45. The highest BCUT2D eigenvalue weighted by Crippen LogP contribution is 2.43. The summed E-state index contributed by atoms with van der Waals surface area (Å²) in [6.07, 6.45) is 3.63. The Hall–Kier alpha value is -4.40. The smallest absolute Gasteiger partial charge is 0.261 e. The molecular weight excluding hydrogens is 412 g/mol. The Morgan fingerprint density at radius 3 is 2.69 bits per heavy atom. The average Bonchev–Trinajstić information content (AvgIpc) is 3.43. The van der Waals surface area contributed by atoms with Crippen LogP contribution in [0.1, 0.15) is 16.7 Å². The molecule has 1 unspecified atom stereocenters. The normalized spacial score (nSPS) is 20.3. The molecule has 0 radical (unpaired) electrons. The number of nitrogens with zero attached hydrogens (tertiary/aromatic N) is 2. The van der Waals surface area contributed by atoms with Crippen molar-refractivity contribution in [2.24, 2.45) is 10.7 Å².